The summed E-state index contributed by atoms with van der Waals surface area (Å²) in [4.78, 5) is 30.6. The van der Waals surface area contributed by atoms with Gasteiger partial charge in [0.15, 0.2) is 0 Å². The molecular formula is C19H21N3O2. The molecule has 2 aliphatic rings. The molecule has 0 bridgehead atoms. The highest BCUT2D eigenvalue weighted by molar-refractivity contribution is 5.99. The summed E-state index contributed by atoms with van der Waals surface area (Å²) >= 11 is 0. The van der Waals surface area contributed by atoms with Crippen LogP contribution in [0.1, 0.15) is 38.1 Å². The topological polar surface area (TPSA) is 65.2 Å². The lowest BCUT2D eigenvalue weighted by Crippen LogP contribution is -2.64. The first kappa shape index (κ1) is 15.0. The summed E-state index contributed by atoms with van der Waals surface area (Å²) in [7, 11) is 0. The van der Waals surface area contributed by atoms with Gasteiger partial charge in [-0.1, -0.05) is 29.8 Å². The average molecular weight is 323 g/mol. The van der Waals surface area contributed by atoms with Crippen molar-refractivity contribution < 1.29 is 9.59 Å². The van der Waals surface area contributed by atoms with Gasteiger partial charge in [-0.3, -0.25) is 9.59 Å². The number of carbonyl (C=O) groups is 2. The van der Waals surface area contributed by atoms with Gasteiger partial charge in [0.1, 0.15) is 12.1 Å². The minimum Gasteiger partial charge on any atom is -0.356 e. The van der Waals surface area contributed by atoms with Crippen LogP contribution in [-0.2, 0) is 16.0 Å². The van der Waals surface area contributed by atoms with E-state index in [2.05, 4.69) is 22.4 Å². The number of hydrogen-bond acceptors (Lipinski definition) is 2. The van der Waals surface area contributed by atoms with Gasteiger partial charge < -0.3 is 15.2 Å². The summed E-state index contributed by atoms with van der Waals surface area (Å²) < 4.78 is 0. The molecule has 3 heterocycles. The fourth-order valence-electron chi connectivity index (χ4n) is 3.90. The zero-order valence-electron chi connectivity index (χ0n) is 14.1. The lowest BCUT2D eigenvalue weighted by atomic mass is 9.88. The van der Waals surface area contributed by atoms with Crippen molar-refractivity contribution in [2.75, 3.05) is 0 Å². The van der Waals surface area contributed by atoms with Crippen LogP contribution in [0.2, 0.25) is 0 Å². The Bertz CT molecular complexity index is 876. The molecule has 0 spiro atoms. The summed E-state index contributed by atoms with van der Waals surface area (Å²) in [5.41, 5.74) is 4.35. The van der Waals surface area contributed by atoms with Gasteiger partial charge in [0.05, 0.1) is 6.04 Å². The van der Waals surface area contributed by atoms with E-state index in [9.17, 15) is 9.59 Å². The van der Waals surface area contributed by atoms with E-state index in [0.29, 0.717) is 6.42 Å². The maximum Gasteiger partial charge on any atom is 0.246 e. The van der Waals surface area contributed by atoms with Crippen molar-refractivity contribution in [3.8, 4) is 0 Å². The van der Waals surface area contributed by atoms with E-state index < -0.39 is 12.1 Å². The second-order valence-corrected chi connectivity index (χ2v) is 6.95. The molecule has 2 amide bonds. The highest BCUT2D eigenvalue weighted by Crippen LogP contribution is 2.39. The maximum absolute atomic E-state index is 12.8. The lowest BCUT2D eigenvalue weighted by molar-refractivity contribution is -0.151. The predicted octanol–water partition coefficient (Wildman–Crippen LogP) is 2.45. The number of rotatable bonds is 1. The zero-order valence-corrected chi connectivity index (χ0v) is 14.1. The molecule has 2 N–H and O–H groups in total. The Morgan fingerprint density at radius 2 is 2.00 bits per heavy atom. The molecule has 24 heavy (non-hydrogen) atoms. The first-order valence-corrected chi connectivity index (χ1v) is 8.34. The van der Waals surface area contributed by atoms with E-state index in [0.717, 1.165) is 27.7 Å². The molecule has 3 atom stereocenters. The van der Waals surface area contributed by atoms with Gasteiger partial charge in [-0.15, -0.1) is 0 Å². The first-order valence-electron chi connectivity index (χ1n) is 8.34. The number of para-hydroxylation sites is 1. The van der Waals surface area contributed by atoms with E-state index >= 15 is 0 Å². The van der Waals surface area contributed by atoms with Crippen molar-refractivity contribution in [2.24, 2.45) is 0 Å². The van der Waals surface area contributed by atoms with Crippen molar-refractivity contribution >= 4 is 22.7 Å². The molecule has 1 aromatic heterocycles. The SMILES string of the molecule is CC(C)=C[C@@H]1c2[nH]c3ccccc3c2C[C@@H]2C(=O)N[C@H](C)C(=O)N21. The molecular weight excluding hydrogens is 302 g/mol. The Kier molecular flexibility index (Phi) is 3.27. The second kappa shape index (κ2) is 5.23. The fourth-order valence-corrected chi connectivity index (χ4v) is 3.90. The third-order valence-electron chi connectivity index (χ3n) is 4.95. The third-order valence-corrected chi connectivity index (χ3v) is 4.95. The van der Waals surface area contributed by atoms with Crippen LogP contribution in [0.3, 0.4) is 0 Å². The molecule has 1 saturated heterocycles. The minimum atomic E-state index is -0.479. The summed E-state index contributed by atoms with van der Waals surface area (Å²) in [6, 6.07) is 6.97. The monoisotopic (exact) mass is 323 g/mol. The largest absolute Gasteiger partial charge is 0.356 e. The average Bonchev–Trinajstić information content (AvgIpc) is 2.91. The lowest BCUT2D eigenvalue weighted by Gasteiger charge is -2.45. The Balaban J connectivity index is 1.95. The van der Waals surface area contributed by atoms with Gasteiger partial charge in [-0.05, 0) is 32.4 Å². The summed E-state index contributed by atoms with van der Waals surface area (Å²) in [5, 5.41) is 3.95. The number of hydrogen-bond donors (Lipinski definition) is 2. The van der Waals surface area contributed by atoms with Crippen molar-refractivity contribution in [3.63, 3.8) is 0 Å². The van der Waals surface area contributed by atoms with Crippen LogP contribution in [0.25, 0.3) is 10.9 Å². The Morgan fingerprint density at radius 3 is 2.75 bits per heavy atom. The van der Waals surface area contributed by atoms with Crippen LogP contribution in [0.5, 0.6) is 0 Å². The van der Waals surface area contributed by atoms with Crippen LogP contribution in [-0.4, -0.2) is 33.8 Å². The number of aromatic amines is 1. The van der Waals surface area contributed by atoms with Gasteiger partial charge in [0, 0.05) is 23.0 Å². The van der Waals surface area contributed by atoms with Crippen molar-refractivity contribution in [1.82, 2.24) is 15.2 Å². The van der Waals surface area contributed by atoms with Gasteiger partial charge in [0.25, 0.3) is 0 Å². The molecule has 4 rings (SSSR count). The van der Waals surface area contributed by atoms with Crippen LogP contribution < -0.4 is 5.32 Å². The molecule has 1 aromatic carbocycles. The zero-order chi connectivity index (χ0) is 17.0. The number of amides is 2. The maximum atomic E-state index is 12.8. The van der Waals surface area contributed by atoms with E-state index in [-0.39, 0.29) is 17.9 Å². The number of nitrogens with one attached hydrogen (secondary N) is 2. The normalized spacial score (nSPS) is 26.0. The van der Waals surface area contributed by atoms with Crippen molar-refractivity contribution in [1.29, 1.82) is 0 Å². The van der Waals surface area contributed by atoms with Crippen molar-refractivity contribution in [3.05, 3.63) is 47.2 Å². The van der Waals surface area contributed by atoms with Crippen LogP contribution in [0.15, 0.2) is 35.9 Å². The van der Waals surface area contributed by atoms with Gasteiger partial charge >= 0.3 is 0 Å². The number of benzene rings is 1. The number of carbonyl (C=O) groups excluding carboxylic acids is 2. The Morgan fingerprint density at radius 1 is 1.25 bits per heavy atom. The standard InChI is InChI=1S/C19H21N3O2/c1-10(2)8-15-17-13(12-6-4-5-7-14(12)21-17)9-16-18(23)20-11(3)19(24)22(15)16/h4-8,11,15-16,21H,9H2,1-3H3,(H,20,23)/t11-,15-,16-/m1/s1. The predicted molar refractivity (Wildman–Crippen MR) is 92.4 cm³/mol. The van der Waals surface area contributed by atoms with E-state index in [4.69, 9.17) is 0 Å². The van der Waals surface area contributed by atoms with E-state index in [1.165, 1.54) is 0 Å². The molecule has 5 nitrogen and oxygen atoms in total. The van der Waals surface area contributed by atoms with E-state index in [1.54, 1.807) is 11.8 Å². The molecule has 0 radical (unpaired) electrons. The van der Waals surface area contributed by atoms with Crippen LogP contribution >= 0.6 is 0 Å². The van der Waals surface area contributed by atoms with Gasteiger partial charge in [-0.25, -0.2) is 0 Å². The third kappa shape index (κ3) is 2.08. The number of nitrogens with zero attached hydrogens (tertiary/aromatic N) is 1. The molecule has 124 valence electrons. The number of H-pyrrole nitrogens is 1. The Labute approximate surface area is 140 Å². The van der Waals surface area contributed by atoms with Crippen LogP contribution in [0.4, 0.5) is 0 Å². The summed E-state index contributed by atoms with van der Waals surface area (Å²) in [6.45, 7) is 5.78. The van der Waals surface area contributed by atoms with Gasteiger partial charge in [-0.2, -0.15) is 0 Å². The highest BCUT2D eigenvalue weighted by Gasteiger charge is 2.46. The Hall–Kier alpha value is -2.56. The molecule has 5 heteroatoms. The summed E-state index contributed by atoms with van der Waals surface area (Å²) in [6.07, 6.45) is 2.63. The molecule has 1 fully saturated rings. The van der Waals surface area contributed by atoms with Crippen LogP contribution in [0, 0.1) is 0 Å². The molecule has 2 aromatic rings. The smallest absolute Gasteiger partial charge is 0.246 e. The molecule has 0 aliphatic carbocycles. The number of fused-ring (bicyclic) bond motifs is 4. The minimum absolute atomic E-state index is 0.0218. The molecule has 0 saturated carbocycles. The van der Waals surface area contributed by atoms with Gasteiger partial charge in [0.2, 0.25) is 11.8 Å². The molecule has 0 unspecified atom stereocenters. The fraction of sp³-hybridized carbons (Fsp3) is 0.368. The number of allylic oxidation sites excluding steroid dienone is 1. The second-order valence-electron chi connectivity index (χ2n) is 6.95. The quantitative estimate of drug-likeness (QED) is 0.792. The number of aromatic nitrogens is 1. The number of piperazine rings is 1. The molecule has 2 aliphatic heterocycles. The van der Waals surface area contributed by atoms with Crippen molar-refractivity contribution in [2.45, 2.75) is 45.3 Å². The first-order chi connectivity index (χ1) is 11.5. The highest BCUT2D eigenvalue weighted by atomic mass is 16.2. The summed E-state index contributed by atoms with van der Waals surface area (Å²) in [5.74, 6) is -0.0865. The van der Waals surface area contributed by atoms with E-state index in [1.807, 2.05) is 32.0 Å².